The van der Waals surface area contributed by atoms with Gasteiger partial charge in [0.05, 0.1) is 26.2 Å². The number of carbonyl (C=O) groups excluding carboxylic acids is 1. The predicted octanol–water partition coefficient (Wildman–Crippen LogP) is 0.149. The Kier molecular flexibility index (Phi) is 5.42. The van der Waals surface area contributed by atoms with Crippen LogP contribution in [0.4, 0.5) is 0 Å². The van der Waals surface area contributed by atoms with E-state index in [0.717, 1.165) is 18.7 Å². The molecular formula is C17H23ClN2O4. The lowest BCUT2D eigenvalue weighted by Gasteiger charge is -2.35. The van der Waals surface area contributed by atoms with Crippen LogP contribution >= 0.6 is 11.6 Å². The second kappa shape index (κ2) is 7.37. The number of amides is 1. The number of β-amino-alcohol motifs (C(OH)–C–C–N with tert-alkyl or cyclic N) is 2. The Bertz CT molecular complexity index is 576. The number of hydrogen-bond donors (Lipinski definition) is 2. The lowest BCUT2D eigenvalue weighted by Crippen LogP contribution is -2.53. The van der Waals surface area contributed by atoms with Gasteiger partial charge in [0, 0.05) is 31.2 Å². The monoisotopic (exact) mass is 354 g/mol. The van der Waals surface area contributed by atoms with Crippen molar-refractivity contribution in [2.75, 3.05) is 45.9 Å². The number of halogens is 1. The number of ether oxygens (including phenoxy) is 1. The Morgan fingerprint density at radius 3 is 2.62 bits per heavy atom. The number of benzene rings is 1. The van der Waals surface area contributed by atoms with Gasteiger partial charge >= 0.3 is 0 Å². The first-order valence-corrected chi connectivity index (χ1v) is 8.57. The number of aliphatic hydroxyl groups is 2. The fourth-order valence-electron chi connectivity index (χ4n) is 3.26. The van der Waals surface area contributed by atoms with Gasteiger partial charge in [0.1, 0.15) is 11.7 Å². The number of aliphatic hydroxyl groups excluding tert-OH is 1. The van der Waals surface area contributed by atoms with Crippen LogP contribution in [-0.4, -0.2) is 83.6 Å². The molecule has 2 aliphatic rings. The van der Waals surface area contributed by atoms with Crippen molar-refractivity contribution >= 4 is 17.5 Å². The van der Waals surface area contributed by atoms with Crippen molar-refractivity contribution in [1.29, 1.82) is 0 Å². The summed E-state index contributed by atoms with van der Waals surface area (Å²) in [7, 11) is 0. The van der Waals surface area contributed by atoms with Crippen LogP contribution < -0.4 is 0 Å². The summed E-state index contributed by atoms with van der Waals surface area (Å²) in [6.07, 6.45) is -0.702. The van der Waals surface area contributed by atoms with Crippen LogP contribution in [0.2, 0.25) is 5.02 Å². The van der Waals surface area contributed by atoms with E-state index in [4.69, 9.17) is 16.3 Å². The molecule has 24 heavy (non-hydrogen) atoms. The van der Waals surface area contributed by atoms with E-state index in [2.05, 4.69) is 4.90 Å². The first kappa shape index (κ1) is 17.6. The Morgan fingerprint density at radius 1 is 1.29 bits per heavy atom. The Morgan fingerprint density at radius 2 is 1.96 bits per heavy atom. The third-order valence-electron chi connectivity index (χ3n) is 4.70. The van der Waals surface area contributed by atoms with Crippen LogP contribution in [-0.2, 0) is 16.0 Å². The molecule has 0 bridgehead atoms. The van der Waals surface area contributed by atoms with Crippen molar-refractivity contribution in [2.45, 2.75) is 18.1 Å². The molecule has 0 unspecified atom stereocenters. The second-order valence-electron chi connectivity index (χ2n) is 6.59. The molecule has 0 saturated carbocycles. The lowest BCUT2D eigenvalue weighted by atomic mass is 9.99. The molecule has 1 amide bonds. The maximum atomic E-state index is 12.5. The van der Waals surface area contributed by atoms with Crippen molar-refractivity contribution in [3.63, 3.8) is 0 Å². The van der Waals surface area contributed by atoms with E-state index in [9.17, 15) is 15.0 Å². The minimum absolute atomic E-state index is 0.103. The molecule has 1 aromatic rings. The molecule has 2 saturated heterocycles. The van der Waals surface area contributed by atoms with Crippen molar-refractivity contribution in [1.82, 2.24) is 9.80 Å². The molecule has 6 nitrogen and oxygen atoms in total. The van der Waals surface area contributed by atoms with Crippen molar-refractivity contribution in [3.8, 4) is 0 Å². The quantitative estimate of drug-likeness (QED) is 0.805. The summed E-state index contributed by atoms with van der Waals surface area (Å²) >= 11 is 5.85. The highest BCUT2D eigenvalue weighted by Crippen LogP contribution is 2.24. The third-order valence-corrected chi connectivity index (χ3v) is 4.95. The summed E-state index contributed by atoms with van der Waals surface area (Å²) in [5.41, 5.74) is -0.421. The third kappa shape index (κ3) is 4.07. The summed E-state index contributed by atoms with van der Waals surface area (Å²) < 4.78 is 5.30. The zero-order valence-corrected chi connectivity index (χ0v) is 14.3. The summed E-state index contributed by atoms with van der Waals surface area (Å²) in [5.74, 6) is -0.103. The normalized spacial score (nSPS) is 28.3. The van der Waals surface area contributed by atoms with E-state index < -0.39 is 11.7 Å². The molecule has 7 heteroatoms. The zero-order valence-electron chi connectivity index (χ0n) is 13.5. The minimum atomic E-state index is -1.28. The van der Waals surface area contributed by atoms with E-state index in [1.165, 1.54) is 0 Å². The number of hydrogen-bond acceptors (Lipinski definition) is 5. The topological polar surface area (TPSA) is 73.2 Å². The highest BCUT2D eigenvalue weighted by atomic mass is 35.5. The minimum Gasteiger partial charge on any atom is -0.388 e. The molecule has 0 aliphatic carbocycles. The van der Waals surface area contributed by atoms with Gasteiger partial charge in [-0.05, 0) is 17.7 Å². The second-order valence-corrected chi connectivity index (χ2v) is 7.02. The molecular weight excluding hydrogens is 332 g/mol. The average molecular weight is 355 g/mol. The highest BCUT2D eigenvalue weighted by Gasteiger charge is 2.47. The van der Waals surface area contributed by atoms with Gasteiger partial charge in [0.15, 0.2) is 0 Å². The maximum Gasteiger partial charge on any atom is 0.227 e. The predicted molar refractivity (Wildman–Crippen MR) is 90.0 cm³/mol. The van der Waals surface area contributed by atoms with E-state index in [0.29, 0.717) is 24.8 Å². The average Bonchev–Trinajstić information content (AvgIpc) is 2.86. The van der Waals surface area contributed by atoms with Crippen LogP contribution in [0.15, 0.2) is 24.3 Å². The molecule has 3 rings (SSSR count). The Labute approximate surface area is 146 Å². The molecule has 0 aromatic heterocycles. The molecule has 132 valence electrons. The maximum absolute atomic E-state index is 12.5. The molecule has 0 spiro atoms. The van der Waals surface area contributed by atoms with Crippen LogP contribution in [0.3, 0.4) is 0 Å². The Hall–Kier alpha value is -1.18. The molecule has 2 N–H and O–H groups in total. The van der Waals surface area contributed by atoms with Gasteiger partial charge in [-0.3, -0.25) is 9.69 Å². The summed E-state index contributed by atoms with van der Waals surface area (Å²) in [6, 6.07) is 7.12. The standard InChI is InChI=1S/C17H23ClN2O4/c18-14-3-1-13(2-4-14)9-16(22)20-10-15(21)17(23,12-20)11-19-5-7-24-8-6-19/h1-4,15,21,23H,5-12H2/t15-,17+/m1/s1. The zero-order chi connectivity index (χ0) is 17.2. The van der Waals surface area contributed by atoms with Crippen LogP contribution in [0.25, 0.3) is 0 Å². The molecule has 0 radical (unpaired) electrons. The first-order valence-electron chi connectivity index (χ1n) is 8.19. The van der Waals surface area contributed by atoms with Crippen LogP contribution in [0, 0.1) is 0 Å². The van der Waals surface area contributed by atoms with E-state index in [-0.39, 0.29) is 25.4 Å². The fraction of sp³-hybridized carbons (Fsp3) is 0.588. The van der Waals surface area contributed by atoms with Crippen LogP contribution in [0.1, 0.15) is 5.56 Å². The van der Waals surface area contributed by atoms with Gasteiger partial charge in [-0.15, -0.1) is 0 Å². The number of nitrogens with zero attached hydrogens (tertiary/aromatic N) is 2. The molecule has 2 aliphatic heterocycles. The number of morpholine rings is 1. The van der Waals surface area contributed by atoms with Gasteiger partial charge in [0.25, 0.3) is 0 Å². The van der Waals surface area contributed by atoms with Gasteiger partial charge in [0.2, 0.25) is 5.91 Å². The number of likely N-dealkylation sites (tertiary alicyclic amines) is 1. The summed E-state index contributed by atoms with van der Waals surface area (Å²) in [4.78, 5) is 16.1. The van der Waals surface area contributed by atoms with Gasteiger partial charge in [-0.25, -0.2) is 0 Å². The first-order chi connectivity index (χ1) is 11.5. The fourth-order valence-corrected chi connectivity index (χ4v) is 3.39. The van der Waals surface area contributed by atoms with Crippen LogP contribution in [0.5, 0.6) is 0 Å². The highest BCUT2D eigenvalue weighted by molar-refractivity contribution is 6.30. The smallest absolute Gasteiger partial charge is 0.227 e. The summed E-state index contributed by atoms with van der Waals surface area (Å²) in [5, 5.41) is 21.7. The molecule has 2 fully saturated rings. The van der Waals surface area contributed by atoms with E-state index >= 15 is 0 Å². The molecule has 2 atom stereocenters. The van der Waals surface area contributed by atoms with Crippen molar-refractivity contribution < 1.29 is 19.7 Å². The Balaban J connectivity index is 1.59. The van der Waals surface area contributed by atoms with Gasteiger partial charge in [-0.2, -0.15) is 0 Å². The molecule has 1 aromatic carbocycles. The van der Waals surface area contributed by atoms with Crippen molar-refractivity contribution in [2.24, 2.45) is 0 Å². The van der Waals surface area contributed by atoms with Gasteiger partial charge in [-0.1, -0.05) is 23.7 Å². The van der Waals surface area contributed by atoms with Gasteiger partial charge < -0.3 is 19.8 Å². The largest absolute Gasteiger partial charge is 0.388 e. The lowest BCUT2D eigenvalue weighted by molar-refractivity contribution is -0.130. The number of carbonyl (C=O) groups is 1. The summed E-state index contributed by atoms with van der Waals surface area (Å²) in [6.45, 7) is 3.38. The number of rotatable bonds is 4. The van der Waals surface area contributed by atoms with E-state index in [1.807, 2.05) is 12.1 Å². The van der Waals surface area contributed by atoms with Crippen molar-refractivity contribution in [3.05, 3.63) is 34.9 Å². The molecule has 2 heterocycles. The SMILES string of the molecule is O=C(Cc1ccc(Cl)cc1)N1C[C@@H](O)[C@](O)(CN2CCOCC2)C1. The van der Waals surface area contributed by atoms with E-state index in [1.54, 1.807) is 17.0 Å².